The van der Waals surface area contributed by atoms with Crippen molar-refractivity contribution >= 4 is 50.7 Å². The number of anilines is 1. The maximum Gasteiger partial charge on any atom is 0.264 e. The molecule has 0 aliphatic carbocycles. The fourth-order valence-corrected chi connectivity index (χ4v) is 5.63. The first-order valence-corrected chi connectivity index (χ1v) is 14.0. The first-order chi connectivity index (χ1) is 18.5. The number of halogens is 2. The van der Waals surface area contributed by atoms with E-state index in [-0.39, 0.29) is 22.9 Å². The number of hydrogen-bond donors (Lipinski definition) is 1. The van der Waals surface area contributed by atoms with Crippen LogP contribution in [-0.2, 0) is 26.2 Å². The highest BCUT2D eigenvalue weighted by Gasteiger charge is 2.33. The molecule has 0 bridgehead atoms. The van der Waals surface area contributed by atoms with Crippen LogP contribution in [0.4, 0.5) is 5.69 Å². The monoisotopic (exact) mass is 593 g/mol. The SMILES string of the molecule is CNC(=O)[C@@H](C)N(Cc1cccc(Cl)c1)C(=O)CN(c1ccc(Cl)cc1)S(=O)(=O)c1ccc(OC)c(OC)c1. The van der Waals surface area contributed by atoms with Gasteiger partial charge in [0.05, 0.1) is 24.8 Å². The Morgan fingerprint density at radius 1 is 0.923 bits per heavy atom. The highest BCUT2D eigenvalue weighted by atomic mass is 35.5. The van der Waals surface area contributed by atoms with Gasteiger partial charge in [-0.25, -0.2) is 8.42 Å². The number of likely N-dealkylation sites (N-methyl/N-ethyl adjacent to an activating group) is 1. The van der Waals surface area contributed by atoms with Crippen LogP contribution in [0.2, 0.25) is 10.0 Å². The van der Waals surface area contributed by atoms with Crippen LogP contribution < -0.4 is 19.1 Å². The molecule has 208 valence electrons. The Hall–Kier alpha value is -3.47. The van der Waals surface area contributed by atoms with E-state index in [0.717, 1.165) is 4.31 Å². The first kappa shape index (κ1) is 30.1. The molecule has 39 heavy (non-hydrogen) atoms. The van der Waals surface area contributed by atoms with Crippen molar-refractivity contribution in [3.8, 4) is 11.5 Å². The van der Waals surface area contributed by atoms with Gasteiger partial charge in [-0.1, -0.05) is 35.3 Å². The van der Waals surface area contributed by atoms with E-state index in [2.05, 4.69) is 5.32 Å². The van der Waals surface area contributed by atoms with Gasteiger partial charge in [-0.2, -0.15) is 0 Å². The second kappa shape index (κ2) is 13.1. The van der Waals surface area contributed by atoms with E-state index in [1.807, 2.05) is 0 Å². The average Bonchev–Trinajstić information content (AvgIpc) is 2.93. The van der Waals surface area contributed by atoms with Gasteiger partial charge in [0, 0.05) is 29.7 Å². The summed E-state index contributed by atoms with van der Waals surface area (Å²) < 4.78 is 39.3. The highest BCUT2D eigenvalue weighted by Crippen LogP contribution is 2.32. The van der Waals surface area contributed by atoms with Crippen LogP contribution in [0.1, 0.15) is 12.5 Å². The quantitative estimate of drug-likeness (QED) is 0.354. The number of carbonyl (C=O) groups is 2. The summed E-state index contributed by atoms with van der Waals surface area (Å²) in [5.41, 5.74) is 0.880. The van der Waals surface area contributed by atoms with Crippen molar-refractivity contribution < 1.29 is 27.5 Å². The number of sulfonamides is 1. The van der Waals surface area contributed by atoms with Crippen molar-refractivity contribution in [2.24, 2.45) is 0 Å². The van der Waals surface area contributed by atoms with E-state index in [0.29, 0.717) is 21.4 Å². The van der Waals surface area contributed by atoms with Gasteiger partial charge in [0.1, 0.15) is 12.6 Å². The Morgan fingerprint density at radius 2 is 1.59 bits per heavy atom. The van der Waals surface area contributed by atoms with Crippen LogP contribution in [0.3, 0.4) is 0 Å². The molecule has 3 rings (SSSR count). The number of nitrogens with one attached hydrogen (secondary N) is 1. The van der Waals surface area contributed by atoms with Crippen molar-refractivity contribution in [1.29, 1.82) is 0 Å². The number of amides is 2. The minimum atomic E-state index is -4.30. The Bertz CT molecular complexity index is 1430. The molecule has 0 saturated carbocycles. The van der Waals surface area contributed by atoms with Crippen molar-refractivity contribution in [2.75, 3.05) is 32.1 Å². The summed E-state index contributed by atoms with van der Waals surface area (Å²) >= 11 is 12.2. The highest BCUT2D eigenvalue weighted by molar-refractivity contribution is 7.92. The van der Waals surface area contributed by atoms with E-state index in [1.165, 1.54) is 68.6 Å². The Kier molecular flexibility index (Phi) is 10.1. The molecule has 0 radical (unpaired) electrons. The topological polar surface area (TPSA) is 105 Å². The number of carbonyl (C=O) groups excluding carboxylic acids is 2. The lowest BCUT2D eigenvalue weighted by Gasteiger charge is -2.32. The Balaban J connectivity index is 2.07. The molecule has 12 heteroatoms. The minimum absolute atomic E-state index is 0.0266. The van der Waals surface area contributed by atoms with Gasteiger partial charge >= 0.3 is 0 Å². The molecule has 0 heterocycles. The van der Waals surface area contributed by atoms with Gasteiger partial charge < -0.3 is 19.7 Å². The van der Waals surface area contributed by atoms with Gasteiger partial charge in [0.2, 0.25) is 11.8 Å². The van der Waals surface area contributed by atoms with Crippen LogP contribution >= 0.6 is 23.2 Å². The zero-order chi connectivity index (χ0) is 28.7. The molecule has 0 aliphatic heterocycles. The van der Waals surface area contributed by atoms with E-state index in [9.17, 15) is 18.0 Å². The molecule has 1 N–H and O–H groups in total. The smallest absolute Gasteiger partial charge is 0.264 e. The molecule has 9 nitrogen and oxygen atoms in total. The van der Waals surface area contributed by atoms with Crippen molar-refractivity contribution in [3.63, 3.8) is 0 Å². The summed E-state index contributed by atoms with van der Waals surface area (Å²) in [7, 11) is -0.00913. The molecule has 2 amide bonds. The van der Waals surface area contributed by atoms with Gasteiger partial charge in [-0.3, -0.25) is 13.9 Å². The molecular formula is C27H29Cl2N3O6S. The van der Waals surface area contributed by atoms with E-state index in [1.54, 1.807) is 31.2 Å². The van der Waals surface area contributed by atoms with Crippen LogP contribution in [0, 0.1) is 0 Å². The molecule has 0 aromatic heterocycles. The second-order valence-corrected chi connectivity index (χ2v) is 11.2. The molecule has 3 aromatic carbocycles. The summed E-state index contributed by atoms with van der Waals surface area (Å²) in [6.07, 6.45) is 0. The standard InChI is InChI=1S/C27H29Cl2N3O6S/c1-18(27(34)30-2)31(16-19-6-5-7-21(29)14-19)26(33)17-32(22-10-8-20(28)9-11-22)39(35,36)23-12-13-24(37-3)25(15-23)38-4/h5-15,18H,16-17H2,1-4H3,(H,30,34)/t18-/m1/s1. The molecular weight excluding hydrogens is 565 g/mol. The number of hydrogen-bond acceptors (Lipinski definition) is 6. The van der Waals surface area contributed by atoms with E-state index in [4.69, 9.17) is 32.7 Å². The molecule has 0 saturated heterocycles. The molecule has 0 fully saturated rings. The first-order valence-electron chi connectivity index (χ1n) is 11.8. The zero-order valence-electron chi connectivity index (χ0n) is 21.9. The predicted molar refractivity (Wildman–Crippen MR) is 151 cm³/mol. The third-order valence-electron chi connectivity index (χ3n) is 5.99. The predicted octanol–water partition coefficient (Wildman–Crippen LogP) is 4.37. The van der Waals surface area contributed by atoms with Gasteiger partial charge in [0.25, 0.3) is 10.0 Å². The molecule has 0 spiro atoms. The maximum atomic E-state index is 13.9. The van der Waals surface area contributed by atoms with Crippen molar-refractivity contribution in [2.45, 2.75) is 24.4 Å². The lowest BCUT2D eigenvalue weighted by molar-refractivity contribution is -0.139. The number of nitrogens with zero attached hydrogens (tertiary/aromatic N) is 2. The zero-order valence-corrected chi connectivity index (χ0v) is 24.2. The summed E-state index contributed by atoms with van der Waals surface area (Å²) in [6.45, 7) is 0.996. The van der Waals surface area contributed by atoms with Gasteiger partial charge in [-0.15, -0.1) is 0 Å². The summed E-state index contributed by atoms with van der Waals surface area (Å²) in [6, 6.07) is 16.1. The Morgan fingerprint density at radius 3 is 2.18 bits per heavy atom. The molecule has 3 aromatic rings. The largest absolute Gasteiger partial charge is 0.493 e. The third kappa shape index (κ3) is 7.14. The minimum Gasteiger partial charge on any atom is -0.493 e. The second-order valence-electron chi connectivity index (χ2n) is 8.45. The summed E-state index contributed by atoms with van der Waals surface area (Å²) in [5, 5.41) is 3.39. The van der Waals surface area contributed by atoms with Gasteiger partial charge in [-0.05, 0) is 61.0 Å². The van der Waals surface area contributed by atoms with Crippen LogP contribution in [0.25, 0.3) is 0 Å². The van der Waals surface area contributed by atoms with E-state index >= 15 is 0 Å². The van der Waals surface area contributed by atoms with Gasteiger partial charge in [0.15, 0.2) is 11.5 Å². The number of rotatable bonds is 11. The fraction of sp³-hybridized carbons (Fsp3) is 0.259. The van der Waals surface area contributed by atoms with Crippen LogP contribution in [0.15, 0.2) is 71.6 Å². The maximum absolute atomic E-state index is 13.9. The van der Waals surface area contributed by atoms with Crippen molar-refractivity contribution in [3.05, 3.63) is 82.3 Å². The fourth-order valence-electron chi connectivity index (χ4n) is 3.86. The number of ether oxygens (including phenoxy) is 2. The lowest BCUT2D eigenvalue weighted by Crippen LogP contribution is -2.50. The van der Waals surface area contributed by atoms with Crippen molar-refractivity contribution in [1.82, 2.24) is 10.2 Å². The number of methoxy groups -OCH3 is 2. The van der Waals surface area contributed by atoms with Crippen LogP contribution in [0.5, 0.6) is 11.5 Å². The van der Waals surface area contributed by atoms with E-state index < -0.39 is 34.4 Å². The lowest BCUT2D eigenvalue weighted by atomic mass is 10.1. The average molecular weight is 595 g/mol. The summed E-state index contributed by atoms with van der Waals surface area (Å²) in [5.74, 6) is -0.467. The normalized spacial score (nSPS) is 11.8. The van der Waals surface area contributed by atoms with Crippen LogP contribution in [-0.4, -0.2) is 59.0 Å². The number of benzene rings is 3. The summed E-state index contributed by atoms with van der Waals surface area (Å²) in [4.78, 5) is 27.5. The molecule has 1 atom stereocenters. The molecule has 0 unspecified atom stereocenters. The Labute approximate surface area is 238 Å². The third-order valence-corrected chi connectivity index (χ3v) is 8.25. The molecule has 0 aliphatic rings.